The van der Waals surface area contributed by atoms with Gasteiger partial charge in [-0.25, -0.2) is 0 Å². The molecule has 1 aromatic carbocycles. The van der Waals surface area contributed by atoms with E-state index in [1.807, 2.05) is 12.1 Å². The van der Waals surface area contributed by atoms with E-state index >= 15 is 0 Å². The zero-order valence-electron chi connectivity index (χ0n) is 11.4. The van der Waals surface area contributed by atoms with Gasteiger partial charge >= 0.3 is 0 Å². The summed E-state index contributed by atoms with van der Waals surface area (Å²) in [4.78, 5) is 12.2. The Morgan fingerprint density at radius 1 is 1.53 bits per heavy atom. The fraction of sp³-hybridized carbons (Fsp3) is 0.533. The molecule has 1 aliphatic carbocycles. The Balaban J connectivity index is 1.97. The fourth-order valence-corrected chi connectivity index (χ4v) is 2.07. The van der Waals surface area contributed by atoms with Crippen molar-refractivity contribution in [1.29, 1.82) is 0 Å². The van der Waals surface area contributed by atoms with Gasteiger partial charge in [-0.1, -0.05) is 13.0 Å². The summed E-state index contributed by atoms with van der Waals surface area (Å²) in [5.41, 5.74) is 6.33. The fourth-order valence-electron chi connectivity index (χ4n) is 2.07. The minimum atomic E-state index is -0.0655. The van der Waals surface area contributed by atoms with E-state index in [1.54, 1.807) is 12.1 Å². The summed E-state index contributed by atoms with van der Waals surface area (Å²) < 4.78 is 5.53. The van der Waals surface area contributed by atoms with Crippen LogP contribution in [0.15, 0.2) is 24.3 Å². The van der Waals surface area contributed by atoms with Gasteiger partial charge in [0.1, 0.15) is 5.75 Å². The first-order valence-electron chi connectivity index (χ1n) is 6.98. The minimum Gasteiger partial charge on any atom is -0.494 e. The van der Waals surface area contributed by atoms with E-state index in [4.69, 9.17) is 10.5 Å². The van der Waals surface area contributed by atoms with Crippen LogP contribution in [0.3, 0.4) is 0 Å². The van der Waals surface area contributed by atoms with Gasteiger partial charge in [0.2, 0.25) is 0 Å². The van der Waals surface area contributed by atoms with Crippen LogP contribution >= 0.6 is 0 Å². The number of hydrogen-bond acceptors (Lipinski definition) is 3. The molecule has 0 saturated heterocycles. The Labute approximate surface area is 114 Å². The molecule has 19 heavy (non-hydrogen) atoms. The van der Waals surface area contributed by atoms with Crippen molar-refractivity contribution in [2.75, 3.05) is 13.2 Å². The number of ether oxygens (including phenoxy) is 1. The Morgan fingerprint density at radius 2 is 2.32 bits per heavy atom. The molecule has 2 rings (SSSR count). The van der Waals surface area contributed by atoms with Crippen LogP contribution in [0.1, 0.15) is 36.5 Å². The second kappa shape index (κ2) is 6.57. The number of nitrogens with one attached hydrogen (secondary N) is 1. The SMILES string of the molecule is CCCOc1cccc(C(=O)NC(CN)C2CC2)c1. The predicted octanol–water partition coefficient (Wildman–Crippen LogP) is 1.94. The lowest BCUT2D eigenvalue weighted by Gasteiger charge is -2.16. The molecule has 4 nitrogen and oxygen atoms in total. The van der Waals surface area contributed by atoms with Crippen molar-refractivity contribution in [3.8, 4) is 5.75 Å². The van der Waals surface area contributed by atoms with E-state index < -0.39 is 0 Å². The smallest absolute Gasteiger partial charge is 0.251 e. The molecule has 1 amide bonds. The van der Waals surface area contributed by atoms with E-state index in [0.717, 1.165) is 12.2 Å². The summed E-state index contributed by atoms with van der Waals surface area (Å²) in [7, 11) is 0. The molecule has 3 N–H and O–H groups in total. The number of nitrogens with two attached hydrogens (primary N) is 1. The van der Waals surface area contributed by atoms with Gasteiger partial charge in [-0.15, -0.1) is 0 Å². The van der Waals surface area contributed by atoms with E-state index in [9.17, 15) is 4.79 Å². The summed E-state index contributed by atoms with van der Waals surface area (Å²) >= 11 is 0. The van der Waals surface area contributed by atoms with Gasteiger partial charge in [0.25, 0.3) is 5.91 Å². The van der Waals surface area contributed by atoms with Crippen LogP contribution in [0.25, 0.3) is 0 Å². The summed E-state index contributed by atoms with van der Waals surface area (Å²) in [5.74, 6) is 1.24. The molecular formula is C15H22N2O2. The minimum absolute atomic E-state index is 0.0655. The van der Waals surface area contributed by atoms with Crippen molar-refractivity contribution in [2.24, 2.45) is 11.7 Å². The molecule has 0 aliphatic heterocycles. The van der Waals surface area contributed by atoms with E-state index in [-0.39, 0.29) is 11.9 Å². The van der Waals surface area contributed by atoms with E-state index in [0.29, 0.717) is 24.6 Å². The molecule has 1 atom stereocenters. The highest BCUT2D eigenvalue weighted by molar-refractivity contribution is 5.94. The van der Waals surface area contributed by atoms with Gasteiger partial charge < -0.3 is 15.8 Å². The monoisotopic (exact) mass is 262 g/mol. The standard InChI is InChI=1S/C15H22N2O2/c1-2-8-19-13-5-3-4-12(9-13)15(18)17-14(10-16)11-6-7-11/h3-5,9,11,14H,2,6-8,10,16H2,1H3,(H,17,18). The highest BCUT2D eigenvalue weighted by Crippen LogP contribution is 2.32. The second-order valence-corrected chi connectivity index (χ2v) is 5.03. The molecule has 0 spiro atoms. The van der Waals surface area contributed by atoms with Gasteiger partial charge in [0, 0.05) is 18.2 Å². The van der Waals surface area contributed by atoms with Crippen LogP contribution in [-0.2, 0) is 0 Å². The Bertz CT molecular complexity index is 430. The van der Waals surface area contributed by atoms with Crippen molar-refractivity contribution in [2.45, 2.75) is 32.2 Å². The molecule has 0 bridgehead atoms. The van der Waals surface area contributed by atoms with Crippen LogP contribution in [0.2, 0.25) is 0 Å². The van der Waals surface area contributed by atoms with Crippen molar-refractivity contribution < 1.29 is 9.53 Å². The summed E-state index contributed by atoms with van der Waals surface area (Å²) in [6, 6.07) is 7.40. The highest BCUT2D eigenvalue weighted by Gasteiger charge is 2.31. The number of benzene rings is 1. The van der Waals surface area contributed by atoms with E-state index in [1.165, 1.54) is 12.8 Å². The molecule has 0 radical (unpaired) electrons. The van der Waals surface area contributed by atoms with Crippen molar-refractivity contribution >= 4 is 5.91 Å². The number of carbonyl (C=O) groups is 1. The molecule has 0 aromatic heterocycles. The Kier molecular flexibility index (Phi) is 4.80. The molecule has 1 aromatic rings. The maximum Gasteiger partial charge on any atom is 0.251 e. The van der Waals surface area contributed by atoms with Crippen LogP contribution in [0, 0.1) is 5.92 Å². The maximum atomic E-state index is 12.2. The van der Waals surface area contributed by atoms with E-state index in [2.05, 4.69) is 12.2 Å². The molecule has 1 saturated carbocycles. The predicted molar refractivity (Wildman–Crippen MR) is 75.3 cm³/mol. The summed E-state index contributed by atoms with van der Waals surface area (Å²) in [5, 5.41) is 3.01. The number of rotatable bonds is 7. The van der Waals surface area contributed by atoms with Gasteiger partial charge in [-0.3, -0.25) is 4.79 Å². The molecule has 0 heterocycles. The largest absolute Gasteiger partial charge is 0.494 e. The maximum absolute atomic E-state index is 12.2. The lowest BCUT2D eigenvalue weighted by atomic mass is 10.1. The first-order chi connectivity index (χ1) is 9.24. The van der Waals surface area contributed by atoms with Gasteiger partial charge in [-0.2, -0.15) is 0 Å². The number of hydrogen-bond donors (Lipinski definition) is 2. The second-order valence-electron chi connectivity index (χ2n) is 5.03. The third kappa shape index (κ3) is 3.96. The van der Waals surface area contributed by atoms with Crippen LogP contribution in [-0.4, -0.2) is 25.1 Å². The normalized spacial score (nSPS) is 15.9. The Hall–Kier alpha value is -1.55. The van der Waals surface area contributed by atoms with Gasteiger partial charge in [0.05, 0.1) is 6.61 Å². The number of amides is 1. The molecular weight excluding hydrogens is 240 g/mol. The molecule has 1 aliphatic rings. The third-order valence-corrected chi connectivity index (χ3v) is 3.33. The highest BCUT2D eigenvalue weighted by atomic mass is 16.5. The third-order valence-electron chi connectivity index (χ3n) is 3.33. The van der Waals surface area contributed by atoms with Gasteiger partial charge in [0.15, 0.2) is 0 Å². The zero-order chi connectivity index (χ0) is 13.7. The van der Waals surface area contributed by atoms with Crippen LogP contribution in [0.5, 0.6) is 5.75 Å². The van der Waals surface area contributed by atoms with Gasteiger partial charge in [-0.05, 0) is 43.4 Å². The quantitative estimate of drug-likeness (QED) is 0.789. The lowest BCUT2D eigenvalue weighted by Crippen LogP contribution is -2.41. The molecule has 1 unspecified atom stereocenters. The first kappa shape index (κ1) is 13.9. The zero-order valence-corrected chi connectivity index (χ0v) is 11.4. The average molecular weight is 262 g/mol. The molecule has 1 fully saturated rings. The molecule has 4 heteroatoms. The van der Waals surface area contributed by atoms with Crippen LogP contribution < -0.4 is 15.8 Å². The Morgan fingerprint density at radius 3 is 2.95 bits per heavy atom. The first-order valence-corrected chi connectivity index (χ1v) is 6.98. The number of carbonyl (C=O) groups excluding carboxylic acids is 1. The van der Waals surface area contributed by atoms with Crippen LogP contribution in [0.4, 0.5) is 0 Å². The lowest BCUT2D eigenvalue weighted by molar-refractivity contribution is 0.0933. The van der Waals surface area contributed by atoms with Crippen molar-refractivity contribution in [3.63, 3.8) is 0 Å². The summed E-state index contributed by atoms with van der Waals surface area (Å²) in [6.45, 7) is 3.22. The average Bonchev–Trinajstić information content (AvgIpc) is 3.27. The summed E-state index contributed by atoms with van der Waals surface area (Å²) in [6.07, 6.45) is 3.29. The van der Waals surface area contributed by atoms with Crippen molar-refractivity contribution in [1.82, 2.24) is 5.32 Å². The topological polar surface area (TPSA) is 64.3 Å². The van der Waals surface area contributed by atoms with Crippen molar-refractivity contribution in [3.05, 3.63) is 29.8 Å². The molecule has 104 valence electrons.